The molecule has 0 atom stereocenters. The monoisotopic (exact) mass is 414 g/mol. The first-order valence-corrected chi connectivity index (χ1v) is 9.21. The summed E-state index contributed by atoms with van der Waals surface area (Å²) in [4.78, 5) is 28.7. The van der Waals surface area contributed by atoms with Crippen LogP contribution in [0.25, 0.3) is 5.69 Å². The molecule has 1 aromatic carbocycles. The number of hydrogen-bond donors (Lipinski definition) is 1. The maximum absolute atomic E-state index is 13.1. The third kappa shape index (κ3) is 4.09. The van der Waals surface area contributed by atoms with Gasteiger partial charge in [0.2, 0.25) is 0 Å². The standard InChI is InChI=1S/C19H15FN4O4S/c1-2-27-19(26)16-14(13(7-21)17(22)29-16)9-28-18(25)15-8-23-10-24(15)12-5-3-11(20)4-6-12/h3-6,8,10H,2,9,22H2,1H3. The largest absolute Gasteiger partial charge is 0.462 e. The van der Waals surface area contributed by atoms with Crippen molar-refractivity contribution >= 4 is 28.3 Å². The second-order valence-corrected chi connectivity index (χ2v) is 6.73. The number of nitrogens with zero attached hydrogens (tertiary/aromatic N) is 3. The third-order valence-corrected chi connectivity index (χ3v) is 4.95. The highest BCUT2D eigenvalue weighted by molar-refractivity contribution is 7.18. The topological polar surface area (TPSA) is 120 Å². The average Bonchev–Trinajstić information content (AvgIpc) is 3.31. The Balaban J connectivity index is 1.84. The number of carbonyl (C=O) groups excluding carboxylic acids is 2. The second-order valence-electron chi connectivity index (χ2n) is 5.68. The quantitative estimate of drug-likeness (QED) is 0.615. The molecule has 0 aliphatic heterocycles. The lowest BCUT2D eigenvalue weighted by Crippen LogP contribution is -2.13. The van der Waals surface area contributed by atoms with Crippen LogP contribution >= 0.6 is 11.3 Å². The number of imidazole rings is 1. The van der Waals surface area contributed by atoms with Crippen molar-refractivity contribution in [2.24, 2.45) is 0 Å². The molecule has 0 saturated heterocycles. The molecule has 0 radical (unpaired) electrons. The highest BCUT2D eigenvalue weighted by atomic mass is 32.1. The Hall–Kier alpha value is -3.71. The van der Waals surface area contributed by atoms with Crippen molar-refractivity contribution in [2.45, 2.75) is 13.5 Å². The van der Waals surface area contributed by atoms with Gasteiger partial charge in [-0.05, 0) is 31.2 Å². The Morgan fingerprint density at radius 2 is 2.00 bits per heavy atom. The van der Waals surface area contributed by atoms with Crippen LogP contribution in [0.1, 0.15) is 38.2 Å². The van der Waals surface area contributed by atoms with Gasteiger partial charge in [0, 0.05) is 11.3 Å². The highest BCUT2D eigenvalue weighted by Gasteiger charge is 2.24. The molecular formula is C19H15FN4O4S. The van der Waals surface area contributed by atoms with E-state index < -0.39 is 17.8 Å². The Kier molecular flexibility index (Phi) is 5.90. The molecule has 8 nitrogen and oxygen atoms in total. The van der Waals surface area contributed by atoms with Crippen LogP contribution in [-0.2, 0) is 16.1 Å². The summed E-state index contributed by atoms with van der Waals surface area (Å²) in [7, 11) is 0. The first-order chi connectivity index (χ1) is 14.0. The molecule has 0 fully saturated rings. The molecule has 0 saturated carbocycles. The van der Waals surface area contributed by atoms with E-state index in [0.29, 0.717) is 5.69 Å². The molecule has 29 heavy (non-hydrogen) atoms. The van der Waals surface area contributed by atoms with Gasteiger partial charge in [-0.2, -0.15) is 5.26 Å². The van der Waals surface area contributed by atoms with Crippen LogP contribution in [0.3, 0.4) is 0 Å². The van der Waals surface area contributed by atoms with E-state index in [1.807, 2.05) is 6.07 Å². The van der Waals surface area contributed by atoms with Gasteiger partial charge >= 0.3 is 11.9 Å². The molecule has 2 N–H and O–H groups in total. The van der Waals surface area contributed by atoms with Crippen LogP contribution in [0.5, 0.6) is 0 Å². The number of ether oxygens (including phenoxy) is 2. The number of rotatable bonds is 6. The summed E-state index contributed by atoms with van der Waals surface area (Å²) in [5.41, 5.74) is 6.67. The van der Waals surface area contributed by atoms with Crippen LogP contribution in [0.4, 0.5) is 9.39 Å². The van der Waals surface area contributed by atoms with Gasteiger partial charge in [0.25, 0.3) is 0 Å². The maximum Gasteiger partial charge on any atom is 0.357 e. The van der Waals surface area contributed by atoms with Gasteiger partial charge in [-0.25, -0.2) is 19.0 Å². The molecule has 0 aliphatic carbocycles. The van der Waals surface area contributed by atoms with E-state index >= 15 is 0 Å². The molecule has 3 aromatic rings. The summed E-state index contributed by atoms with van der Waals surface area (Å²) in [5, 5.41) is 9.46. The summed E-state index contributed by atoms with van der Waals surface area (Å²) < 4.78 is 24.8. The summed E-state index contributed by atoms with van der Waals surface area (Å²) in [5.74, 6) is -1.80. The number of benzene rings is 1. The minimum absolute atomic E-state index is 0.0675. The zero-order valence-electron chi connectivity index (χ0n) is 15.2. The first kappa shape index (κ1) is 20.0. The van der Waals surface area contributed by atoms with Gasteiger partial charge in [0.15, 0.2) is 5.69 Å². The molecular weight excluding hydrogens is 399 g/mol. The Bertz CT molecular complexity index is 1100. The number of anilines is 1. The fourth-order valence-corrected chi connectivity index (χ4v) is 3.49. The lowest BCUT2D eigenvalue weighted by atomic mass is 10.1. The van der Waals surface area contributed by atoms with E-state index in [4.69, 9.17) is 15.2 Å². The number of nitrogen functional groups attached to an aromatic ring is 1. The van der Waals surface area contributed by atoms with Crippen LogP contribution < -0.4 is 5.73 Å². The fraction of sp³-hybridized carbons (Fsp3) is 0.158. The number of nitriles is 1. The van der Waals surface area contributed by atoms with Gasteiger partial charge in [0.1, 0.15) is 28.4 Å². The van der Waals surface area contributed by atoms with Gasteiger partial charge < -0.3 is 15.2 Å². The first-order valence-electron chi connectivity index (χ1n) is 8.40. The van der Waals surface area contributed by atoms with Crippen LogP contribution in [-0.4, -0.2) is 28.1 Å². The van der Waals surface area contributed by atoms with Crippen molar-refractivity contribution in [3.63, 3.8) is 0 Å². The van der Waals surface area contributed by atoms with Gasteiger partial charge in [0.05, 0.1) is 24.7 Å². The lowest BCUT2D eigenvalue weighted by Gasteiger charge is -2.09. The second kappa shape index (κ2) is 8.53. The molecule has 0 bridgehead atoms. The average molecular weight is 414 g/mol. The third-order valence-electron chi connectivity index (χ3n) is 3.91. The van der Waals surface area contributed by atoms with Crippen LogP contribution in [0.15, 0.2) is 36.8 Å². The summed E-state index contributed by atoms with van der Waals surface area (Å²) in [6.07, 6.45) is 2.68. The molecule has 2 heterocycles. The fourth-order valence-electron chi connectivity index (χ4n) is 2.57. The number of thiophene rings is 1. The number of esters is 2. The van der Waals surface area contributed by atoms with E-state index in [0.717, 1.165) is 11.3 Å². The maximum atomic E-state index is 13.1. The highest BCUT2D eigenvalue weighted by Crippen LogP contribution is 2.32. The molecule has 148 valence electrons. The van der Waals surface area contributed by atoms with E-state index in [1.165, 1.54) is 41.4 Å². The van der Waals surface area contributed by atoms with E-state index in [-0.39, 0.29) is 39.9 Å². The molecule has 0 unspecified atom stereocenters. The van der Waals surface area contributed by atoms with Crippen molar-refractivity contribution in [1.29, 1.82) is 5.26 Å². The van der Waals surface area contributed by atoms with E-state index in [2.05, 4.69) is 4.98 Å². The summed E-state index contributed by atoms with van der Waals surface area (Å²) >= 11 is 0.900. The number of aromatic nitrogens is 2. The predicted octanol–water partition coefficient (Wildman–Crippen LogP) is 3.06. The number of hydrogen-bond acceptors (Lipinski definition) is 8. The zero-order valence-corrected chi connectivity index (χ0v) is 16.0. The SMILES string of the molecule is CCOC(=O)c1sc(N)c(C#N)c1COC(=O)c1cncn1-c1ccc(F)cc1. The van der Waals surface area contributed by atoms with Crippen LogP contribution in [0.2, 0.25) is 0 Å². The molecule has 10 heteroatoms. The zero-order chi connectivity index (χ0) is 21.0. The number of halogens is 1. The Morgan fingerprint density at radius 1 is 1.28 bits per heavy atom. The normalized spacial score (nSPS) is 10.4. The minimum Gasteiger partial charge on any atom is -0.462 e. The van der Waals surface area contributed by atoms with Gasteiger partial charge in [-0.1, -0.05) is 0 Å². The van der Waals surface area contributed by atoms with Crippen molar-refractivity contribution in [3.05, 3.63) is 64.3 Å². The minimum atomic E-state index is -0.740. The molecule has 3 rings (SSSR count). The molecule has 0 aliphatic rings. The lowest BCUT2D eigenvalue weighted by molar-refractivity contribution is 0.0445. The molecule has 0 amide bonds. The summed E-state index contributed by atoms with van der Waals surface area (Å²) in [6.45, 7) is 1.45. The smallest absolute Gasteiger partial charge is 0.357 e. The Labute approximate surface area is 168 Å². The van der Waals surface area contributed by atoms with E-state index in [1.54, 1.807) is 6.92 Å². The van der Waals surface area contributed by atoms with Gasteiger partial charge in [-0.15, -0.1) is 11.3 Å². The van der Waals surface area contributed by atoms with Gasteiger partial charge in [-0.3, -0.25) is 4.57 Å². The Morgan fingerprint density at radius 3 is 2.66 bits per heavy atom. The van der Waals surface area contributed by atoms with Crippen molar-refractivity contribution in [2.75, 3.05) is 12.3 Å². The number of carbonyl (C=O) groups is 2. The van der Waals surface area contributed by atoms with Crippen LogP contribution in [0, 0.1) is 17.1 Å². The predicted molar refractivity (Wildman–Crippen MR) is 102 cm³/mol. The van der Waals surface area contributed by atoms with Crippen molar-refractivity contribution < 1.29 is 23.5 Å². The van der Waals surface area contributed by atoms with E-state index in [9.17, 15) is 19.2 Å². The molecule has 2 aromatic heterocycles. The van der Waals surface area contributed by atoms with Crippen molar-refractivity contribution in [1.82, 2.24) is 9.55 Å². The molecule has 0 spiro atoms. The van der Waals surface area contributed by atoms with Crippen molar-refractivity contribution in [3.8, 4) is 11.8 Å². The summed E-state index contributed by atoms with van der Waals surface area (Å²) in [6, 6.07) is 7.39. The number of nitrogens with two attached hydrogens (primary N) is 1.